The number of rotatable bonds is 0. The minimum absolute atomic E-state index is 0.0405. The molecule has 0 spiro atoms. The number of allylic oxidation sites excluding steroid dienone is 2. The highest BCUT2D eigenvalue weighted by molar-refractivity contribution is 5.91. The summed E-state index contributed by atoms with van der Waals surface area (Å²) >= 11 is 0. The Hall–Kier alpha value is -1.16. The first kappa shape index (κ1) is 16.3. The van der Waals surface area contributed by atoms with Gasteiger partial charge in [0, 0.05) is 25.4 Å². The molecule has 2 saturated carbocycles. The van der Waals surface area contributed by atoms with Crippen LogP contribution in [-0.4, -0.2) is 39.9 Å². The van der Waals surface area contributed by atoms with Crippen LogP contribution >= 0.6 is 0 Å². The summed E-state index contributed by atoms with van der Waals surface area (Å²) in [6, 6.07) is 0. The summed E-state index contributed by atoms with van der Waals surface area (Å²) in [4.78, 5) is 26.0. The van der Waals surface area contributed by atoms with Gasteiger partial charge in [-0.3, -0.25) is 9.59 Å². The summed E-state index contributed by atoms with van der Waals surface area (Å²) < 4.78 is 0. The van der Waals surface area contributed by atoms with Crippen molar-refractivity contribution >= 4 is 11.7 Å². The maximum atomic E-state index is 12.1. The third kappa shape index (κ3) is 2.01. The Morgan fingerprint density at radius 2 is 2.04 bits per heavy atom. The van der Waals surface area contributed by atoms with Crippen LogP contribution in [0.5, 0.6) is 0 Å². The molecule has 0 radical (unpaired) electrons. The first-order valence-corrected chi connectivity index (χ1v) is 9.47. The molecule has 0 aromatic rings. The van der Waals surface area contributed by atoms with Gasteiger partial charge in [0.1, 0.15) is 0 Å². The van der Waals surface area contributed by atoms with Gasteiger partial charge in [-0.25, -0.2) is 0 Å². The molecule has 0 aromatic carbocycles. The number of ketones is 1. The lowest BCUT2D eigenvalue weighted by Crippen LogP contribution is -2.61. The van der Waals surface area contributed by atoms with E-state index in [1.165, 1.54) is 5.57 Å². The SMILES string of the molecule is CC(=O)N1CCC2C3CCC4=CC(=O)CC[C@]4(C)C3[C@@H](O)C[C@@]21C. The molecule has 0 aromatic heterocycles. The third-order valence-electron chi connectivity index (χ3n) is 7.92. The summed E-state index contributed by atoms with van der Waals surface area (Å²) in [5.41, 5.74) is 1.03. The van der Waals surface area contributed by atoms with E-state index < -0.39 is 6.10 Å². The molecule has 1 aliphatic heterocycles. The van der Waals surface area contributed by atoms with E-state index in [1.807, 2.05) is 11.0 Å². The van der Waals surface area contributed by atoms with E-state index in [9.17, 15) is 14.7 Å². The van der Waals surface area contributed by atoms with Crippen molar-refractivity contribution in [2.45, 2.75) is 70.9 Å². The van der Waals surface area contributed by atoms with Crippen molar-refractivity contribution in [2.75, 3.05) is 6.54 Å². The van der Waals surface area contributed by atoms with E-state index in [1.54, 1.807) is 6.92 Å². The molecule has 3 aliphatic carbocycles. The number of aliphatic hydroxyl groups is 1. The van der Waals surface area contributed by atoms with Crippen molar-refractivity contribution in [3.63, 3.8) is 0 Å². The molecule has 132 valence electrons. The number of amides is 1. The Morgan fingerprint density at radius 3 is 2.75 bits per heavy atom. The molecule has 3 fully saturated rings. The minimum Gasteiger partial charge on any atom is -0.393 e. The highest BCUT2D eigenvalue weighted by atomic mass is 16.3. The van der Waals surface area contributed by atoms with Crippen LogP contribution in [0, 0.1) is 23.2 Å². The van der Waals surface area contributed by atoms with Gasteiger partial charge in [-0.2, -0.15) is 0 Å². The van der Waals surface area contributed by atoms with Crippen molar-refractivity contribution in [3.05, 3.63) is 11.6 Å². The average molecular weight is 331 g/mol. The predicted molar refractivity (Wildman–Crippen MR) is 91.2 cm³/mol. The number of likely N-dealkylation sites (tertiary alicyclic amines) is 1. The Balaban J connectivity index is 1.72. The third-order valence-corrected chi connectivity index (χ3v) is 7.92. The Morgan fingerprint density at radius 1 is 1.29 bits per heavy atom. The van der Waals surface area contributed by atoms with Gasteiger partial charge in [-0.05, 0) is 68.3 Å². The number of carbonyl (C=O) groups is 2. The lowest BCUT2D eigenvalue weighted by molar-refractivity contribution is -0.147. The van der Waals surface area contributed by atoms with Crippen LogP contribution in [0.4, 0.5) is 0 Å². The van der Waals surface area contributed by atoms with Gasteiger partial charge in [0.2, 0.25) is 5.91 Å². The summed E-state index contributed by atoms with van der Waals surface area (Å²) in [6.07, 6.45) is 6.71. The highest BCUT2D eigenvalue weighted by Crippen LogP contribution is 2.62. The largest absolute Gasteiger partial charge is 0.393 e. The van der Waals surface area contributed by atoms with E-state index in [-0.39, 0.29) is 28.6 Å². The molecule has 4 rings (SSSR count). The van der Waals surface area contributed by atoms with E-state index in [0.29, 0.717) is 24.7 Å². The van der Waals surface area contributed by atoms with Crippen LogP contribution in [-0.2, 0) is 9.59 Å². The molecule has 1 heterocycles. The number of nitrogens with zero attached hydrogens (tertiary/aromatic N) is 1. The first-order chi connectivity index (χ1) is 11.3. The molecule has 4 nitrogen and oxygen atoms in total. The maximum Gasteiger partial charge on any atom is 0.219 e. The number of aliphatic hydroxyl groups excluding tert-OH is 1. The zero-order valence-electron chi connectivity index (χ0n) is 15.0. The molecule has 3 unspecified atom stereocenters. The zero-order chi connectivity index (χ0) is 17.3. The van der Waals surface area contributed by atoms with E-state index >= 15 is 0 Å². The van der Waals surface area contributed by atoms with Crippen molar-refractivity contribution < 1.29 is 14.7 Å². The monoisotopic (exact) mass is 331 g/mol. The zero-order valence-corrected chi connectivity index (χ0v) is 15.0. The fraction of sp³-hybridized carbons (Fsp3) is 0.800. The Bertz CT molecular complexity index is 626. The van der Waals surface area contributed by atoms with Gasteiger partial charge >= 0.3 is 0 Å². The Kier molecular flexibility index (Phi) is 3.51. The second-order valence-corrected chi connectivity index (χ2v) is 8.98. The lowest BCUT2D eigenvalue weighted by atomic mass is 9.47. The average Bonchev–Trinajstić information content (AvgIpc) is 2.84. The second kappa shape index (κ2) is 5.17. The number of hydrogen-bond acceptors (Lipinski definition) is 3. The summed E-state index contributed by atoms with van der Waals surface area (Å²) in [5.74, 6) is 1.55. The van der Waals surface area contributed by atoms with Crippen LogP contribution in [0.2, 0.25) is 0 Å². The maximum absolute atomic E-state index is 12.1. The van der Waals surface area contributed by atoms with Crippen LogP contribution in [0.3, 0.4) is 0 Å². The van der Waals surface area contributed by atoms with Gasteiger partial charge in [-0.15, -0.1) is 0 Å². The quantitative estimate of drug-likeness (QED) is 0.742. The molecule has 0 bridgehead atoms. The van der Waals surface area contributed by atoms with Crippen molar-refractivity contribution in [2.24, 2.45) is 23.2 Å². The van der Waals surface area contributed by atoms with Crippen LogP contribution < -0.4 is 0 Å². The second-order valence-electron chi connectivity index (χ2n) is 8.98. The molecule has 1 amide bonds. The lowest BCUT2D eigenvalue weighted by Gasteiger charge is -2.59. The van der Waals surface area contributed by atoms with E-state index in [0.717, 1.165) is 32.2 Å². The van der Waals surface area contributed by atoms with Crippen molar-refractivity contribution in [1.29, 1.82) is 0 Å². The number of carbonyl (C=O) groups excluding carboxylic acids is 2. The molecule has 24 heavy (non-hydrogen) atoms. The van der Waals surface area contributed by atoms with Crippen molar-refractivity contribution in [1.82, 2.24) is 4.90 Å². The van der Waals surface area contributed by atoms with E-state index in [4.69, 9.17) is 0 Å². The molecular formula is C20H29NO3. The predicted octanol–water partition coefficient (Wildman–Crippen LogP) is 2.70. The van der Waals surface area contributed by atoms with Crippen LogP contribution in [0.25, 0.3) is 0 Å². The fourth-order valence-corrected chi connectivity index (χ4v) is 6.89. The highest BCUT2D eigenvalue weighted by Gasteiger charge is 2.62. The Labute approximate surface area is 144 Å². The van der Waals surface area contributed by atoms with Crippen molar-refractivity contribution in [3.8, 4) is 0 Å². The van der Waals surface area contributed by atoms with E-state index in [2.05, 4.69) is 13.8 Å². The smallest absolute Gasteiger partial charge is 0.219 e. The summed E-state index contributed by atoms with van der Waals surface area (Å²) in [5, 5.41) is 11.1. The van der Waals surface area contributed by atoms with Gasteiger partial charge in [0.25, 0.3) is 0 Å². The first-order valence-electron chi connectivity index (χ1n) is 9.47. The molecule has 6 atom stereocenters. The molecular weight excluding hydrogens is 302 g/mol. The van der Waals surface area contributed by atoms with Crippen LogP contribution in [0.1, 0.15) is 59.3 Å². The van der Waals surface area contributed by atoms with Gasteiger partial charge in [0.05, 0.1) is 6.10 Å². The standard InChI is InChI=1S/C20H29NO3/c1-12(22)21-9-7-16-15-5-4-13-10-14(23)6-8-19(13,2)18(15)17(24)11-20(16,21)3/h10,15-18,24H,4-9,11H2,1-3H3/t15?,16?,17-,18?,19-,20-/m0/s1. The molecule has 4 heteroatoms. The molecule has 1 N–H and O–H groups in total. The molecule has 1 saturated heterocycles. The topological polar surface area (TPSA) is 57.6 Å². The summed E-state index contributed by atoms with van der Waals surface area (Å²) in [6.45, 7) is 6.93. The molecule has 4 aliphatic rings. The normalized spacial score (nSPS) is 47.6. The fourth-order valence-electron chi connectivity index (χ4n) is 6.89. The number of fused-ring (bicyclic) bond motifs is 5. The van der Waals surface area contributed by atoms with Crippen LogP contribution in [0.15, 0.2) is 11.6 Å². The summed E-state index contributed by atoms with van der Waals surface area (Å²) in [7, 11) is 0. The van der Waals surface area contributed by atoms with Gasteiger partial charge in [0.15, 0.2) is 5.78 Å². The van der Waals surface area contributed by atoms with Gasteiger partial charge in [-0.1, -0.05) is 12.5 Å². The number of hydrogen-bond donors (Lipinski definition) is 1. The van der Waals surface area contributed by atoms with Gasteiger partial charge < -0.3 is 10.0 Å². The minimum atomic E-state index is -0.391.